The molecule has 3 heterocycles. The highest BCUT2D eigenvalue weighted by Crippen LogP contribution is 2.25. The average molecular weight is 351 g/mol. The second-order valence-electron chi connectivity index (χ2n) is 6.65. The van der Waals surface area contributed by atoms with Crippen LogP contribution in [0.2, 0.25) is 0 Å². The molecule has 1 aromatic carbocycles. The van der Waals surface area contributed by atoms with Crippen LogP contribution in [0.25, 0.3) is 17.1 Å². The lowest BCUT2D eigenvalue weighted by Gasteiger charge is -2.32. The zero-order chi connectivity index (χ0) is 18.1. The van der Waals surface area contributed by atoms with Gasteiger partial charge in [-0.3, -0.25) is 14.0 Å². The van der Waals surface area contributed by atoms with E-state index in [1.54, 1.807) is 23.0 Å². The molecule has 2 aromatic heterocycles. The van der Waals surface area contributed by atoms with Crippen LogP contribution in [0.3, 0.4) is 0 Å². The number of aryl methyl sites for hydroxylation is 1. The molecule has 0 aliphatic carbocycles. The minimum Gasteiger partial charge on any atom is -0.339 e. The van der Waals surface area contributed by atoms with E-state index in [0.29, 0.717) is 13.1 Å². The number of rotatable bonds is 3. The highest BCUT2D eigenvalue weighted by atomic mass is 16.2. The van der Waals surface area contributed by atoms with Gasteiger partial charge >= 0.3 is 5.69 Å². The largest absolute Gasteiger partial charge is 0.339 e. The van der Waals surface area contributed by atoms with Gasteiger partial charge in [0, 0.05) is 44.0 Å². The molecule has 0 unspecified atom stereocenters. The number of aromatic nitrogens is 4. The summed E-state index contributed by atoms with van der Waals surface area (Å²) in [7, 11) is 1.84. The molecular weight excluding hydrogens is 330 g/mol. The third-order valence-electron chi connectivity index (χ3n) is 4.91. The minimum absolute atomic E-state index is 0.00132. The summed E-state index contributed by atoms with van der Waals surface area (Å²) in [5.74, 6) is -0.00132. The molecule has 0 atom stereocenters. The number of imidazole rings is 1. The van der Waals surface area contributed by atoms with Gasteiger partial charge in [-0.15, -0.1) is 0 Å². The molecule has 26 heavy (non-hydrogen) atoms. The summed E-state index contributed by atoms with van der Waals surface area (Å²) in [5.41, 5.74) is 2.61. The van der Waals surface area contributed by atoms with Crippen LogP contribution in [0, 0.1) is 0 Å². The lowest BCUT2D eigenvalue weighted by atomic mass is 10.0. The van der Waals surface area contributed by atoms with Crippen molar-refractivity contribution in [3.8, 4) is 0 Å². The molecule has 1 N–H and O–H groups in total. The lowest BCUT2D eigenvalue weighted by Crippen LogP contribution is -2.39. The van der Waals surface area contributed by atoms with E-state index in [-0.39, 0.29) is 17.6 Å². The predicted octanol–water partition coefficient (Wildman–Crippen LogP) is 1.94. The van der Waals surface area contributed by atoms with Crippen molar-refractivity contribution < 1.29 is 4.79 Å². The Labute approximate surface area is 150 Å². The topological polar surface area (TPSA) is 75.9 Å². The van der Waals surface area contributed by atoms with Crippen LogP contribution in [-0.4, -0.2) is 43.2 Å². The fourth-order valence-electron chi connectivity index (χ4n) is 3.58. The molecule has 1 amide bonds. The van der Waals surface area contributed by atoms with Gasteiger partial charge in [0.15, 0.2) is 0 Å². The smallest absolute Gasteiger partial charge is 0.326 e. The first-order valence-electron chi connectivity index (χ1n) is 8.77. The molecule has 7 nitrogen and oxygen atoms in total. The number of carbonyl (C=O) groups is 1. The number of nitrogens with one attached hydrogen (secondary N) is 1. The number of piperidine rings is 1. The summed E-state index contributed by atoms with van der Waals surface area (Å²) in [5, 5.41) is 4.08. The monoisotopic (exact) mass is 351 g/mol. The van der Waals surface area contributed by atoms with E-state index in [1.807, 2.05) is 47.0 Å². The molecule has 4 rings (SSSR count). The number of likely N-dealkylation sites (tertiary alicyclic amines) is 1. The van der Waals surface area contributed by atoms with Crippen LogP contribution >= 0.6 is 0 Å². The number of hydrogen-bond acceptors (Lipinski definition) is 3. The van der Waals surface area contributed by atoms with Gasteiger partial charge in [-0.1, -0.05) is 12.1 Å². The molecular formula is C19H21N5O2. The van der Waals surface area contributed by atoms with Crippen LogP contribution in [0.5, 0.6) is 0 Å². The maximum Gasteiger partial charge on any atom is 0.326 e. The number of amides is 1. The van der Waals surface area contributed by atoms with Crippen molar-refractivity contribution in [2.24, 2.45) is 7.05 Å². The summed E-state index contributed by atoms with van der Waals surface area (Å²) in [4.78, 5) is 29.5. The molecule has 1 aliphatic rings. The van der Waals surface area contributed by atoms with E-state index in [4.69, 9.17) is 0 Å². The van der Waals surface area contributed by atoms with Gasteiger partial charge in [0.05, 0.1) is 17.2 Å². The zero-order valence-corrected chi connectivity index (χ0v) is 14.6. The first-order chi connectivity index (χ1) is 12.6. The fraction of sp³-hybridized carbons (Fsp3) is 0.316. The zero-order valence-electron chi connectivity index (χ0n) is 14.6. The third-order valence-corrected chi connectivity index (χ3v) is 4.91. The number of benzene rings is 1. The van der Waals surface area contributed by atoms with Gasteiger partial charge in [-0.05, 0) is 31.1 Å². The molecule has 0 radical (unpaired) electrons. The molecule has 1 fully saturated rings. The van der Waals surface area contributed by atoms with Crippen LogP contribution in [-0.2, 0) is 11.8 Å². The molecule has 0 saturated carbocycles. The minimum atomic E-state index is -0.0764. The molecule has 1 saturated heterocycles. The van der Waals surface area contributed by atoms with E-state index in [9.17, 15) is 9.59 Å². The van der Waals surface area contributed by atoms with Gasteiger partial charge in [0.25, 0.3) is 0 Å². The van der Waals surface area contributed by atoms with Crippen molar-refractivity contribution in [1.29, 1.82) is 0 Å². The second kappa shape index (κ2) is 6.67. The second-order valence-corrected chi connectivity index (χ2v) is 6.65. The number of fused-ring (bicyclic) bond motifs is 1. The molecule has 7 heteroatoms. The SMILES string of the molecule is Cn1cc(/C=C/C(=O)N2CCC(n3c(=O)[nH]c4ccccc43)CC2)cn1. The van der Waals surface area contributed by atoms with Crippen molar-refractivity contribution in [3.05, 3.63) is 58.8 Å². The van der Waals surface area contributed by atoms with Gasteiger partial charge in [-0.2, -0.15) is 5.10 Å². The van der Waals surface area contributed by atoms with E-state index < -0.39 is 0 Å². The standard InChI is InChI=1S/C19H21N5O2/c1-22-13-14(12-20-22)6-7-18(25)23-10-8-15(9-11-23)24-17-5-3-2-4-16(17)21-19(24)26/h2-7,12-13,15H,8-11H2,1H3,(H,21,26)/b7-6+. The Kier molecular flexibility index (Phi) is 4.20. The average Bonchev–Trinajstić information content (AvgIpc) is 3.22. The van der Waals surface area contributed by atoms with Crippen molar-refractivity contribution in [3.63, 3.8) is 0 Å². The van der Waals surface area contributed by atoms with E-state index in [2.05, 4.69) is 10.1 Å². The summed E-state index contributed by atoms with van der Waals surface area (Å²) in [6.45, 7) is 1.29. The van der Waals surface area contributed by atoms with Crippen molar-refractivity contribution in [1.82, 2.24) is 24.2 Å². The van der Waals surface area contributed by atoms with E-state index >= 15 is 0 Å². The molecule has 3 aromatic rings. The van der Waals surface area contributed by atoms with Crippen molar-refractivity contribution in [2.75, 3.05) is 13.1 Å². The Hall–Kier alpha value is -3.09. The lowest BCUT2D eigenvalue weighted by molar-refractivity contribution is -0.127. The molecule has 0 spiro atoms. The normalized spacial score (nSPS) is 16.0. The maximum absolute atomic E-state index is 12.4. The molecule has 1 aliphatic heterocycles. The van der Waals surface area contributed by atoms with Crippen LogP contribution in [0.15, 0.2) is 47.5 Å². The summed E-state index contributed by atoms with van der Waals surface area (Å²) in [6.07, 6.45) is 8.50. The van der Waals surface area contributed by atoms with E-state index in [0.717, 1.165) is 29.4 Å². The number of carbonyl (C=O) groups excluding carboxylic acids is 1. The predicted molar refractivity (Wildman–Crippen MR) is 99.7 cm³/mol. The Bertz CT molecular complexity index is 1020. The van der Waals surface area contributed by atoms with Crippen LogP contribution in [0.1, 0.15) is 24.4 Å². The first kappa shape index (κ1) is 16.4. The fourth-order valence-corrected chi connectivity index (χ4v) is 3.58. The maximum atomic E-state index is 12.4. The van der Waals surface area contributed by atoms with Gasteiger partial charge in [0.1, 0.15) is 0 Å². The molecule has 134 valence electrons. The quantitative estimate of drug-likeness (QED) is 0.733. The van der Waals surface area contributed by atoms with Gasteiger partial charge in [0.2, 0.25) is 5.91 Å². The number of aromatic amines is 1. The summed E-state index contributed by atoms with van der Waals surface area (Å²) < 4.78 is 3.54. The molecule has 0 bridgehead atoms. The Morgan fingerprint density at radius 3 is 2.77 bits per heavy atom. The highest BCUT2D eigenvalue weighted by molar-refractivity contribution is 5.91. The number of nitrogens with zero attached hydrogens (tertiary/aromatic N) is 4. The van der Waals surface area contributed by atoms with Crippen LogP contribution < -0.4 is 5.69 Å². The Balaban J connectivity index is 1.43. The number of H-pyrrole nitrogens is 1. The van der Waals surface area contributed by atoms with E-state index in [1.165, 1.54) is 0 Å². The van der Waals surface area contributed by atoms with Gasteiger partial charge in [-0.25, -0.2) is 4.79 Å². The summed E-state index contributed by atoms with van der Waals surface area (Å²) in [6, 6.07) is 7.84. The number of hydrogen-bond donors (Lipinski definition) is 1. The Morgan fingerprint density at radius 2 is 2.04 bits per heavy atom. The first-order valence-corrected chi connectivity index (χ1v) is 8.77. The Morgan fingerprint density at radius 1 is 1.27 bits per heavy atom. The summed E-state index contributed by atoms with van der Waals surface area (Å²) >= 11 is 0. The van der Waals surface area contributed by atoms with Crippen molar-refractivity contribution in [2.45, 2.75) is 18.9 Å². The third kappa shape index (κ3) is 3.08. The number of para-hydroxylation sites is 2. The highest BCUT2D eigenvalue weighted by Gasteiger charge is 2.25. The van der Waals surface area contributed by atoms with Gasteiger partial charge < -0.3 is 9.88 Å². The van der Waals surface area contributed by atoms with Crippen molar-refractivity contribution >= 4 is 23.0 Å². The van der Waals surface area contributed by atoms with Crippen LogP contribution in [0.4, 0.5) is 0 Å².